The van der Waals surface area contributed by atoms with Crippen LogP contribution in [0, 0.1) is 5.92 Å². The zero-order chi connectivity index (χ0) is 25.8. The maximum absolute atomic E-state index is 13.0. The molecule has 3 amide bonds. The molecule has 1 aromatic heterocycles. The smallest absolute Gasteiger partial charge is 0.328 e. The van der Waals surface area contributed by atoms with Crippen LogP contribution >= 0.6 is 34.5 Å². The molecule has 0 bridgehead atoms. The van der Waals surface area contributed by atoms with E-state index in [4.69, 9.17) is 23.2 Å². The molecule has 0 radical (unpaired) electrons. The van der Waals surface area contributed by atoms with E-state index in [2.05, 4.69) is 10.6 Å². The molecule has 4 rings (SSSR count). The minimum atomic E-state index is -1.38. The molecule has 0 spiro atoms. The monoisotopic (exact) mass is 551 g/mol. The number of nitrogens with zero attached hydrogens (tertiary/aromatic N) is 1. The average Bonchev–Trinajstić information content (AvgIpc) is 3.41. The first kappa shape index (κ1) is 26.4. The number of hydrogen-bond acceptors (Lipinski definition) is 5. The molecule has 2 aromatic rings. The molecule has 1 aliphatic carbocycles. The fourth-order valence-corrected chi connectivity index (χ4v) is 6.18. The number of nitrogens with one attached hydrogen (secondary N) is 2. The van der Waals surface area contributed by atoms with Gasteiger partial charge in [-0.25, -0.2) is 4.79 Å². The highest BCUT2D eigenvalue weighted by atomic mass is 35.5. The molecule has 3 N–H and O–H groups in total. The van der Waals surface area contributed by atoms with Crippen molar-refractivity contribution in [2.24, 2.45) is 5.92 Å². The van der Waals surface area contributed by atoms with Gasteiger partial charge in [-0.15, -0.1) is 11.3 Å². The number of hydrogen-bond donors (Lipinski definition) is 3. The number of aliphatic carboxylic acids is 1. The number of carbonyl (C=O) groups is 4. The van der Waals surface area contributed by atoms with Crippen molar-refractivity contribution in [1.29, 1.82) is 0 Å². The molecular weight excluding hydrogens is 525 g/mol. The highest BCUT2D eigenvalue weighted by molar-refractivity contribution is 7.12. The van der Waals surface area contributed by atoms with Crippen LogP contribution in [0.4, 0.5) is 0 Å². The SMILES string of the molecule is O=C(NC[C@H](NC(=O)c1c(Cl)cc2c(c1Cl)CCN(C(=O)C1CCCCC1)C2)C(=O)O)c1cccs1. The number of rotatable bonds is 7. The van der Waals surface area contributed by atoms with Crippen molar-refractivity contribution in [3.05, 3.63) is 55.2 Å². The average molecular weight is 552 g/mol. The number of carboxylic acid groups (broad SMARTS) is 1. The molecule has 1 aliphatic heterocycles. The number of fused-ring (bicyclic) bond motifs is 1. The molecular formula is C25H27Cl2N3O5S. The molecule has 36 heavy (non-hydrogen) atoms. The highest BCUT2D eigenvalue weighted by Gasteiger charge is 2.32. The quantitative estimate of drug-likeness (QED) is 0.478. The van der Waals surface area contributed by atoms with E-state index in [0.717, 1.165) is 36.8 Å². The van der Waals surface area contributed by atoms with Crippen molar-refractivity contribution in [3.63, 3.8) is 0 Å². The largest absolute Gasteiger partial charge is 0.480 e. The number of carbonyl (C=O) groups excluding carboxylic acids is 3. The fraction of sp³-hybridized carbons (Fsp3) is 0.440. The predicted octanol–water partition coefficient (Wildman–Crippen LogP) is 4.13. The van der Waals surface area contributed by atoms with Gasteiger partial charge in [-0.2, -0.15) is 0 Å². The maximum atomic E-state index is 13.0. The highest BCUT2D eigenvalue weighted by Crippen LogP contribution is 2.36. The van der Waals surface area contributed by atoms with Gasteiger partial charge < -0.3 is 20.6 Å². The molecule has 192 valence electrons. The van der Waals surface area contributed by atoms with E-state index in [1.54, 1.807) is 23.6 Å². The van der Waals surface area contributed by atoms with Gasteiger partial charge in [0.15, 0.2) is 0 Å². The number of carboxylic acids is 1. The van der Waals surface area contributed by atoms with Gasteiger partial charge in [0.05, 0.1) is 20.5 Å². The summed E-state index contributed by atoms with van der Waals surface area (Å²) in [5.74, 6) is -2.27. The van der Waals surface area contributed by atoms with Crippen molar-refractivity contribution in [2.45, 2.75) is 51.1 Å². The van der Waals surface area contributed by atoms with Crippen LogP contribution in [0.3, 0.4) is 0 Å². The molecule has 8 nitrogen and oxygen atoms in total. The van der Waals surface area contributed by atoms with E-state index in [-0.39, 0.29) is 34.0 Å². The molecule has 1 fully saturated rings. The Morgan fingerprint density at radius 1 is 1.14 bits per heavy atom. The Morgan fingerprint density at radius 3 is 2.56 bits per heavy atom. The number of halogens is 2. The second-order valence-corrected chi connectivity index (χ2v) is 10.8. The molecule has 0 saturated heterocycles. The van der Waals surface area contributed by atoms with Crippen molar-refractivity contribution in [1.82, 2.24) is 15.5 Å². The first-order valence-electron chi connectivity index (χ1n) is 11.9. The normalized spacial score (nSPS) is 16.7. The Balaban J connectivity index is 1.45. The van der Waals surface area contributed by atoms with E-state index in [9.17, 15) is 24.3 Å². The summed E-state index contributed by atoms with van der Waals surface area (Å²) in [6.07, 6.45) is 5.64. The lowest BCUT2D eigenvalue weighted by Gasteiger charge is -2.34. The third kappa shape index (κ3) is 5.85. The van der Waals surface area contributed by atoms with Gasteiger partial charge in [-0.3, -0.25) is 14.4 Å². The molecule has 0 unspecified atom stereocenters. The third-order valence-electron chi connectivity index (χ3n) is 6.71. The van der Waals surface area contributed by atoms with E-state index in [1.165, 1.54) is 17.8 Å². The maximum Gasteiger partial charge on any atom is 0.328 e. The summed E-state index contributed by atoms with van der Waals surface area (Å²) in [5, 5.41) is 16.5. The van der Waals surface area contributed by atoms with Gasteiger partial charge in [-0.05, 0) is 47.9 Å². The number of amides is 3. The molecule has 2 aliphatic rings. The van der Waals surface area contributed by atoms with E-state index >= 15 is 0 Å². The molecule has 1 saturated carbocycles. The Kier molecular flexibility index (Phi) is 8.54. The van der Waals surface area contributed by atoms with Crippen LogP contribution in [0.1, 0.15) is 63.3 Å². The lowest BCUT2D eigenvalue weighted by Crippen LogP contribution is -2.48. The fourth-order valence-electron chi connectivity index (χ4n) is 4.78. The van der Waals surface area contributed by atoms with Crippen molar-refractivity contribution in [3.8, 4) is 0 Å². The Hall–Kier alpha value is -2.62. The summed E-state index contributed by atoms with van der Waals surface area (Å²) in [7, 11) is 0. The van der Waals surface area contributed by atoms with E-state index in [0.29, 0.717) is 24.4 Å². The van der Waals surface area contributed by atoms with Crippen LogP contribution in [0.2, 0.25) is 10.0 Å². The van der Waals surface area contributed by atoms with Crippen molar-refractivity contribution >= 4 is 58.2 Å². The Labute approximate surface area is 222 Å². The lowest BCUT2D eigenvalue weighted by atomic mass is 9.87. The van der Waals surface area contributed by atoms with Gasteiger partial charge in [0.1, 0.15) is 6.04 Å². The van der Waals surface area contributed by atoms with E-state index < -0.39 is 23.8 Å². The number of thiophene rings is 1. The van der Waals surface area contributed by atoms with Crippen LogP contribution < -0.4 is 10.6 Å². The lowest BCUT2D eigenvalue weighted by molar-refractivity contribution is -0.139. The topological polar surface area (TPSA) is 116 Å². The third-order valence-corrected chi connectivity index (χ3v) is 8.30. The minimum Gasteiger partial charge on any atom is -0.480 e. The standard InChI is InChI=1S/C25H27Cl2N3O5S/c26-17-11-15-13-30(24(33)14-5-2-1-3-6-14)9-8-16(15)21(27)20(17)23(32)29-18(25(34)35)12-28-22(31)19-7-4-10-36-19/h4,7,10-11,14,18H,1-3,5-6,8-9,12-13H2,(H,28,31)(H,29,32)(H,34,35)/t18-/m0/s1. The first-order chi connectivity index (χ1) is 17.3. The van der Waals surface area contributed by atoms with Gasteiger partial charge in [0.2, 0.25) is 5.91 Å². The second-order valence-electron chi connectivity index (χ2n) is 9.08. The van der Waals surface area contributed by atoms with Gasteiger partial charge in [-0.1, -0.05) is 48.5 Å². The summed E-state index contributed by atoms with van der Waals surface area (Å²) in [6, 6.07) is 3.58. The van der Waals surface area contributed by atoms with Crippen molar-refractivity contribution < 1.29 is 24.3 Å². The van der Waals surface area contributed by atoms with Crippen LogP contribution in [-0.2, 0) is 22.6 Å². The number of benzene rings is 1. The predicted molar refractivity (Wildman–Crippen MR) is 138 cm³/mol. The van der Waals surface area contributed by atoms with Gasteiger partial charge in [0.25, 0.3) is 11.8 Å². The zero-order valence-corrected chi connectivity index (χ0v) is 21.8. The van der Waals surface area contributed by atoms with Crippen LogP contribution in [-0.4, -0.2) is 52.8 Å². The summed E-state index contributed by atoms with van der Waals surface area (Å²) in [5.41, 5.74) is 1.51. The van der Waals surface area contributed by atoms with Gasteiger partial charge in [0, 0.05) is 25.6 Å². The van der Waals surface area contributed by atoms with E-state index in [1.807, 2.05) is 4.90 Å². The van der Waals surface area contributed by atoms with Crippen LogP contribution in [0.15, 0.2) is 23.6 Å². The Bertz CT molecular complexity index is 1160. The van der Waals surface area contributed by atoms with Crippen molar-refractivity contribution in [2.75, 3.05) is 13.1 Å². The second kappa shape index (κ2) is 11.6. The van der Waals surface area contributed by atoms with Crippen LogP contribution in [0.5, 0.6) is 0 Å². The van der Waals surface area contributed by atoms with Crippen LogP contribution in [0.25, 0.3) is 0 Å². The first-order valence-corrected chi connectivity index (χ1v) is 13.5. The molecule has 1 atom stereocenters. The molecule has 1 aromatic carbocycles. The summed E-state index contributed by atoms with van der Waals surface area (Å²) >= 11 is 14.2. The summed E-state index contributed by atoms with van der Waals surface area (Å²) < 4.78 is 0. The molecule has 2 heterocycles. The molecule has 11 heteroatoms. The Morgan fingerprint density at radius 2 is 1.89 bits per heavy atom. The summed E-state index contributed by atoms with van der Waals surface area (Å²) in [4.78, 5) is 52.2. The summed E-state index contributed by atoms with van der Waals surface area (Å²) in [6.45, 7) is 0.561. The minimum absolute atomic E-state index is 0.0139. The zero-order valence-electron chi connectivity index (χ0n) is 19.5. The van der Waals surface area contributed by atoms with Gasteiger partial charge >= 0.3 is 5.97 Å².